The predicted molar refractivity (Wildman–Crippen MR) is 50.0 cm³/mol. The van der Waals surface area contributed by atoms with E-state index in [1.807, 2.05) is 25.2 Å². The summed E-state index contributed by atoms with van der Waals surface area (Å²) in [5.41, 5.74) is 2.40. The molecule has 1 nitrogen and oxygen atoms in total. The molecule has 0 aliphatic heterocycles. The van der Waals surface area contributed by atoms with Crippen molar-refractivity contribution in [3.63, 3.8) is 0 Å². The third-order valence-electron chi connectivity index (χ3n) is 1.75. The van der Waals surface area contributed by atoms with Crippen molar-refractivity contribution < 1.29 is 0 Å². The van der Waals surface area contributed by atoms with Crippen molar-refractivity contribution in [1.82, 2.24) is 0 Å². The molecule has 0 N–H and O–H groups in total. The summed E-state index contributed by atoms with van der Waals surface area (Å²) in [7, 11) is 7.48. The Bertz CT molecular complexity index is 233. The summed E-state index contributed by atoms with van der Waals surface area (Å²) in [6.45, 7) is 2.13. The van der Waals surface area contributed by atoms with Crippen molar-refractivity contribution in [3.05, 3.63) is 29.8 Å². The third-order valence-corrected chi connectivity index (χ3v) is 1.75. The molecule has 0 amide bonds. The number of hydrogen-bond donors (Lipinski definition) is 0. The number of anilines is 1. The minimum Gasteiger partial charge on any atom is -0.427 e. The van der Waals surface area contributed by atoms with Gasteiger partial charge in [-0.05, 0) is 25.1 Å². The second-order valence-corrected chi connectivity index (χ2v) is 2.59. The second kappa shape index (κ2) is 3.47. The molecule has 0 aliphatic rings. The van der Waals surface area contributed by atoms with Gasteiger partial charge < -0.3 is 4.81 Å². The van der Waals surface area contributed by atoms with Gasteiger partial charge in [-0.3, -0.25) is 0 Å². The number of nitrogens with zero attached hydrogens (tertiary/aromatic N) is 1. The second-order valence-electron chi connectivity index (χ2n) is 2.59. The Balaban J connectivity index is 3.02. The van der Waals surface area contributed by atoms with E-state index in [2.05, 4.69) is 13.0 Å². The van der Waals surface area contributed by atoms with Gasteiger partial charge in [0.15, 0.2) is 0 Å². The standard InChI is InChI=1S/C9H12BN/c1-3-8-6-4-5-7-9(8)11(2)10/h4-7H,3H2,1-2H3. The van der Waals surface area contributed by atoms with Gasteiger partial charge in [-0.15, -0.1) is 0 Å². The molecule has 0 fully saturated rings. The highest BCUT2D eigenvalue weighted by molar-refractivity contribution is 6.17. The lowest BCUT2D eigenvalue weighted by molar-refractivity contribution is 1.12. The highest BCUT2D eigenvalue weighted by Crippen LogP contribution is 2.17. The van der Waals surface area contributed by atoms with Crippen molar-refractivity contribution in [3.8, 4) is 0 Å². The molecule has 0 saturated heterocycles. The topological polar surface area (TPSA) is 3.24 Å². The van der Waals surface area contributed by atoms with Gasteiger partial charge in [-0.25, -0.2) is 0 Å². The van der Waals surface area contributed by atoms with Crippen LogP contribution in [0.4, 0.5) is 5.69 Å². The summed E-state index contributed by atoms with van der Waals surface area (Å²) in [6, 6.07) is 8.15. The number of hydrogen-bond acceptors (Lipinski definition) is 1. The van der Waals surface area contributed by atoms with E-state index in [0.29, 0.717) is 0 Å². The maximum atomic E-state index is 5.62. The van der Waals surface area contributed by atoms with Gasteiger partial charge in [0, 0.05) is 5.69 Å². The van der Waals surface area contributed by atoms with Crippen molar-refractivity contribution in [2.45, 2.75) is 13.3 Å². The van der Waals surface area contributed by atoms with Gasteiger partial charge in [0.1, 0.15) is 0 Å². The number of rotatable bonds is 2. The summed E-state index contributed by atoms with van der Waals surface area (Å²) in [5, 5.41) is 0. The van der Waals surface area contributed by atoms with E-state index in [0.717, 1.165) is 12.1 Å². The van der Waals surface area contributed by atoms with E-state index in [4.69, 9.17) is 7.98 Å². The highest BCUT2D eigenvalue weighted by atomic mass is 15.0. The molecule has 2 heteroatoms. The van der Waals surface area contributed by atoms with Crippen molar-refractivity contribution in [1.29, 1.82) is 0 Å². The fourth-order valence-electron chi connectivity index (χ4n) is 1.15. The Kier molecular flexibility index (Phi) is 2.58. The highest BCUT2D eigenvalue weighted by Gasteiger charge is 1.98. The van der Waals surface area contributed by atoms with Crippen LogP contribution in [0.25, 0.3) is 0 Å². The zero-order valence-electron chi connectivity index (χ0n) is 7.04. The van der Waals surface area contributed by atoms with Crippen LogP contribution in [0.1, 0.15) is 12.5 Å². The minimum atomic E-state index is 1.03. The lowest BCUT2D eigenvalue weighted by Crippen LogP contribution is -2.12. The first kappa shape index (κ1) is 8.18. The molecule has 1 rings (SSSR count). The van der Waals surface area contributed by atoms with Gasteiger partial charge in [-0.1, -0.05) is 25.1 Å². The molecule has 1 aromatic rings. The number of benzene rings is 1. The molecule has 1 aromatic carbocycles. The van der Waals surface area contributed by atoms with E-state index < -0.39 is 0 Å². The van der Waals surface area contributed by atoms with Crippen LogP contribution < -0.4 is 4.81 Å². The van der Waals surface area contributed by atoms with E-state index >= 15 is 0 Å². The molecule has 56 valence electrons. The minimum absolute atomic E-state index is 1.03. The van der Waals surface area contributed by atoms with Crippen molar-refractivity contribution in [2.75, 3.05) is 11.9 Å². The van der Waals surface area contributed by atoms with E-state index in [1.165, 1.54) is 5.56 Å². The van der Waals surface area contributed by atoms with E-state index in [1.54, 1.807) is 4.81 Å². The monoisotopic (exact) mass is 145 g/mol. The Morgan fingerprint density at radius 1 is 1.36 bits per heavy atom. The van der Waals surface area contributed by atoms with Gasteiger partial charge in [0.2, 0.25) is 7.98 Å². The number of para-hydroxylation sites is 1. The predicted octanol–water partition coefficient (Wildman–Crippen LogP) is 1.77. The maximum Gasteiger partial charge on any atom is 0.226 e. The molecule has 0 saturated carbocycles. The summed E-state index contributed by atoms with van der Waals surface area (Å²) < 4.78 is 0. The summed E-state index contributed by atoms with van der Waals surface area (Å²) in [4.78, 5) is 1.65. The van der Waals surface area contributed by atoms with Crippen LogP contribution in [0, 0.1) is 0 Å². The molecule has 0 aliphatic carbocycles. The molecular formula is C9H12BN. The molecule has 0 spiro atoms. The first-order valence-corrected chi connectivity index (χ1v) is 3.82. The average Bonchev–Trinajstić information content (AvgIpc) is 2.04. The smallest absolute Gasteiger partial charge is 0.226 e. The quantitative estimate of drug-likeness (QED) is 0.573. The van der Waals surface area contributed by atoms with Crippen LogP contribution in [0.2, 0.25) is 0 Å². The van der Waals surface area contributed by atoms with Gasteiger partial charge in [0.25, 0.3) is 0 Å². The first-order valence-electron chi connectivity index (χ1n) is 3.82. The van der Waals surface area contributed by atoms with Gasteiger partial charge >= 0.3 is 0 Å². The first-order chi connectivity index (χ1) is 5.25. The SMILES string of the molecule is [B]N(C)c1ccccc1CC. The Hall–Kier alpha value is -0.915. The van der Waals surface area contributed by atoms with E-state index in [-0.39, 0.29) is 0 Å². The van der Waals surface area contributed by atoms with Crippen LogP contribution in [0.5, 0.6) is 0 Å². The van der Waals surface area contributed by atoms with Gasteiger partial charge in [0.05, 0.1) is 0 Å². The maximum absolute atomic E-state index is 5.62. The summed E-state index contributed by atoms with van der Waals surface area (Å²) in [5.74, 6) is 0. The molecule has 11 heavy (non-hydrogen) atoms. The van der Waals surface area contributed by atoms with Crippen molar-refractivity contribution >= 4 is 13.7 Å². The third kappa shape index (κ3) is 1.76. The van der Waals surface area contributed by atoms with Crippen LogP contribution in [0.15, 0.2) is 24.3 Å². The Morgan fingerprint density at radius 3 is 2.45 bits per heavy atom. The molecular weight excluding hydrogens is 133 g/mol. The Labute approximate surface area is 69.5 Å². The molecule has 0 bridgehead atoms. The average molecular weight is 145 g/mol. The zero-order chi connectivity index (χ0) is 8.27. The normalized spacial score (nSPS) is 9.64. The van der Waals surface area contributed by atoms with E-state index in [9.17, 15) is 0 Å². The Morgan fingerprint density at radius 2 is 2.00 bits per heavy atom. The molecule has 0 heterocycles. The molecule has 0 unspecified atom stereocenters. The largest absolute Gasteiger partial charge is 0.427 e. The van der Waals surface area contributed by atoms with Gasteiger partial charge in [-0.2, -0.15) is 0 Å². The number of aryl methyl sites for hydroxylation is 1. The summed E-state index contributed by atoms with van der Waals surface area (Å²) >= 11 is 0. The molecule has 0 aromatic heterocycles. The molecule has 2 radical (unpaired) electrons. The lowest BCUT2D eigenvalue weighted by atomic mass is 10.1. The van der Waals surface area contributed by atoms with Crippen LogP contribution in [-0.2, 0) is 6.42 Å². The van der Waals surface area contributed by atoms with Crippen LogP contribution >= 0.6 is 0 Å². The summed E-state index contributed by atoms with van der Waals surface area (Å²) in [6.07, 6.45) is 1.03. The van der Waals surface area contributed by atoms with Crippen LogP contribution in [-0.4, -0.2) is 15.0 Å². The zero-order valence-corrected chi connectivity index (χ0v) is 7.04. The fraction of sp³-hybridized carbons (Fsp3) is 0.333. The fourth-order valence-corrected chi connectivity index (χ4v) is 1.15. The van der Waals surface area contributed by atoms with Crippen LogP contribution in [0.3, 0.4) is 0 Å². The molecule has 0 atom stereocenters. The van der Waals surface area contributed by atoms with Crippen molar-refractivity contribution in [2.24, 2.45) is 0 Å². The lowest BCUT2D eigenvalue weighted by Gasteiger charge is -2.16.